The first-order chi connectivity index (χ1) is 11.7. The van der Waals surface area contributed by atoms with Gasteiger partial charge in [0.15, 0.2) is 0 Å². The van der Waals surface area contributed by atoms with Crippen LogP contribution >= 0.6 is 0 Å². The number of hydrogen-bond acceptors (Lipinski definition) is 5. The molecule has 0 radical (unpaired) electrons. The summed E-state index contributed by atoms with van der Waals surface area (Å²) in [5.74, 6) is -3.23. The zero-order chi connectivity index (χ0) is 19.9. The highest BCUT2D eigenvalue weighted by Gasteiger charge is 2.64. The lowest BCUT2D eigenvalue weighted by Crippen LogP contribution is -2.58. The van der Waals surface area contributed by atoms with E-state index in [1.807, 2.05) is 0 Å². The number of rotatable bonds is 1. The summed E-state index contributed by atoms with van der Waals surface area (Å²) in [6, 6.07) is 6.35. The van der Waals surface area contributed by atoms with Crippen LogP contribution in [-0.2, 0) is 14.3 Å². The third-order valence-electron chi connectivity index (χ3n) is 3.59. The second kappa shape index (κ2) is 6.39. The van der Waals surface area contributed by atoms with Gasteiger partial charge in [-0.3, -0.25) is 4.79 Å². The Morgan fingerprint density at radius 1 is 1.19 bits per heavy atom. The van der Waals surface area contributed by atoms with E-state index in [1.54, 1.807) is 19.1 Å². The Morgan fingerprint density at radius 2 is 1.73 bits per heavy atom. The summed E-state index contributed by atoms with van der Waals surface area (Å²) in [7, 11) is 0. The second-order valence-electron chi connectivity index (χ2n) is 7.02. The van der Waals surface area contributed by atoms with E-state index >= 15 is 0 Å². The molecule has 0 saturated carbocycles. The fourth-order valence-corrected chi connectivity index (χ4v) is 2.29. The number of hydrogen-bond donors (Lipinski definition) is 1. The average Bonchev–Trinajstić information content (AvgIpc) is 2.84. The molecule has 1 aliphatic rings. The quantitative estimate of drug-likeness (QED) is 0.607. The van der Waals surface area contributed by atoms with Crippen LogP contribution in [0.2, 0.25) is 0 Å². The molecular formula is C17H19F3N2O4. The number of hydrazone groups is 1. The predicted molar refractivity (Wildman–Crippen MR) is 86.0 cm³/mol. The monoisotopic (exact) mass is 372 g/mol. The van der Waals surface area contributed by atoms with Crippen LogP contribution in [0.5, 0.6) is 0 Å². The summed E-state index contributed by atoms with van der Waals surface area (Å²) >= 11 is 0. The molecule has 26 heavy (non-hydrogen) atoms. The normalized spacial score (nSPS) is 20.8. The van der Waals surface area contributed by atoms with Crippen molar-refractivity contribution in [2.45, 2.75) is 51.6 Å². The standard InChI is InChI=1S/C17H19F3N2O4/c1-10-5-7-11(8-6-10)12-9-16(25,17(18,19)20)22(21-12)13(23)14(24)26-15(2,3)4/h5-8,25H,9H2,1-4H3/t16-/m1/s1. The molecule has 0 aromatic heterocycles. The molecule has 9 heteroatoms. The molecule has 1 aliphatic heterocycles. The first-order valence-corrected chi connectivity index (χ1v) is 7.76. The van der Waals surface area contributed by atoms with Gasteiger partial charge in [0.25, 0.3) is 5.72 Å². The lowest BCUT2D eigenvalue weighted by atomic mass is 10.00. The van der Waals surface area contributed by atoms with Gasteiger partial charge in [0.1, 0.15) is 5.60 Å². The van der Waals surface area contributed by atoms with Crippen molar-refractivity contribution in [2.24, 2.45) is 5.10 Å². The van der Waals surface area contributed by atoms with Gasteiger partial charge >= 0.3 is 18.1 Å². The van der Waals surface area contributed by atoms with E-state index in [-0.39, 0.29) is 10.7 Å². The highest BCUT2D eigenvalue weighted by Crippen LogP contribution is 2.41. The zero-order valence-electron chi connectivity index (χ0n) is 14.7. The summed E-state index contributed by atoms with van der Waals surface area (Å²) in [5.41, 5.74) is -3.70. The molecule has 1 heterocycles. The van der Waals surface area contributed by atoms with Crippen LogP contribution in [0.3, 0.4) is 0 Å². The molecule has 1 amide bonds. The summed E-state index contributed by atoms with van der Waals surface area (Å²) in [4.78, 5) is 24.1. The van der Waals surface area contributed by atoms with E-state index in [1.165, 1.54) is 32.9 Å². The van der Waals surface area contributed by atoms with Crippen LogP contribution in [0.1, 0.15) is 38.3 Å². The van der Waals surface area contributed by atoms with Crippen molar-refractivity contribution in [3.05, 3.63) is 35.4 Å². The van der Waals surface area contributed by atoms with Gasteiger partial charge in [-0.15, -0.1) is 0 Å². The number of carbonyl (C=O) groups is 2. The largest absolute Gasteiger partial charge is 0.453 e. The number of carbonyl (C=O) groups excluding carboxylic acids is 2. The maximum atomic E-state index is 13.4. The van der Waals surface area contributed by atoms with E-state index in [2.05, 4.69) is 5.10 Å². The van der Waals surface area contributed by atoms with Gasteiger partial charge in [-0.1, -0.05) is 29.8 Å². The zero-order valence-corrected chi connectivity index (χ0v) is 14.7. The maximum Gasteiger partial charge on any atom is 0.438 e. The van der Waals surface area contributed by atoms with Crippen LogP contribution in [0.25, 0.3) is 0 Å². The molecule has 6 nitrogen and oxygen atoms in total. The van der Waals surface area contributed by atoms with Crippen molar-refractivity contribution >= 4 is 17.6 Å². The number of halogens is 3. The van der Waals surface area contributed by atoms with Gasteiger partial charge in [-0.05, 0) is 33.3 Å². The SMILES string of the molecule is Cc1ccc(C2=NN(C(=O)C(=O)OC(C)(C)C)[C@](O)(C(F)(F)F)C2)cc1. The first kappa shape index (κ1) is 19.9. The lowest BCUT2D eigenvalue weighted by molar-refractivity contribution is -0.302. The summed E-state index contributed by atoms with van der Waals surface area (Å²) < 4.78 is 45.1. The highest BCUT2D eigenvalue weighted by molar-refractivity contribution is 6.33. The topological polar surface area (TPSA) is 79.2 Å². The van der Waals surface area contributed by atoms with Crippen molar-refractivity contribution in [3.63, 3.8) is 0 Å². The Labute approximate surface area is 148 Å². The van der Waals surface area contributed by atoms with E-state index in [0.29, 0.717) is 5.56 Å². The fourth-order valence-electron chi connectivity index (χ4n) is 2.29. The van der Waals surface area contributed by atoms with Gasteiger partial charge in [0, 0.05) is 0 Å². The third-order valence-corrected chi connectivity index (χ3v) is 3.59. The van der Waals surface area contributed by atoms with E-state index in [9.17, 15) is 27.9 Å². The summed E-state index contributed by atoms with van der Waals surface area (Å²) in [6.45, 7) is 6.17. The Kier molecular flexibility index (Phi) is 4.89. The molecule has 1 aromatic rings. The van der Waals surface area contributed by atoms with Gasteiger partial charge in [-0.2, -0.15) is 23.3 Å². The molecule has 0 bridgehead atoms. The maximum absolute atomic E-state index is 13.4. The predicted octanol–water partition coefficient (Wildman–Crippen LogP) is 2.52. The van der Waals surface area contributed by atoms with Crippen LogP contribution in [0.15, 0.2) is 29.4 Å². The number of nitrogens with zero attached hydrogens (tertiary/aromatic N) is 2. The van der Waals surface area contributed by atoms with Crippen molar-refractivity contribution in [2.75, 3.05) is 0 Å². The van der Waals surface area contributed by atoms with Gasteiger partial charge in [0.2, 0.25) is 0 Å². The molecular weight excluding hydrogens is 353 g/mol. The summed E-state index contributed by atoms with van der Waals surface area (Å²) in [6.07, 6.45) is -6.21. The molecule has 1 atom stereocenters. The van der Waals surface area contributed by atoms with Gasteiger partial charge in [0.05, 0.1) is 12.1 Å². The molecule has 1 aromatic carbocycles. The minimum Gasteiger partial charge on any atom is -0.453 e. The molecule has 1 N–H and O–H groups in total. The Bertz CT molecular complexity index is 751. The number of esters is 1. The molecule has 0 fully saturated rings. The fraction of sp³-hybridized carbons (Fsp3) is 0.471. The number of aryl methyl sites for hydroxylation is 1. The molecule has 0 aliphatic carbocycles. The molecule has 2 rings (SSSR count). The van der Waals surface area contributed by atoms with Crippen LogP contribution in [0.4, 0.5) is 13.2 Å². The molecule has 0 unspecified atom stereocenters. The first-order valence-electron chi connectivity index (χ1n) is 7.76. The summed E-state index contributed by atoms with van der Waals surface area (Å²) in [5, 5.41) is 13.5. The van der Waals surface area contributed by atoms with Gasteiger partial charge in [-0.25, -0.2) is 4.79 Å². The number of amides is 1. The smallest absolute Gasteiger partial charge is 0.438 e. The van der Waals surface area contributed by atoms with Gasteiger partial charge < -0.3 is 9.84 Å². The van der Waals surface area contributed by atoms with Crippen molar-refractivity contribution in [3.8, 4) is 0 Å². The lowest BCUT2D eigenvalue weighted by Gasteiger charge is -2.32. The Morgan fingerprint density at radius 3 is 2.19 bits per heavy atom. The van der Waals surface area contributed by atoms with Crippen LogP contribution in [-0.4, -0.2) is 45.2 Å². The minimum atomic E-state index is -5.22. The van der Waals surface area contributed by atoms with E-state index in [4.69, 9.17) is 4.74 Å². The molecule has 142 valence electrons. The van der Waals surface area contributed by atoms with E-state index < -0.39 is 35.8 Å². The Balaban J connectivity index is 2.42. The number of alkyl halides is 3. The number of benzene rings is 1. The van der Waals surface area contributed by atoms with E-state index in [0.717, 1.165) is 5.56 Å². The second-order valence-corrected chi connectivity index (χ2v) is 7.02. The third kappa shape index (κ3) is 3.87. The average molecular weight is 372 g/mol. The molecule has 0 spiro atoms. The number of aliphatic hydroxyl groups is 1. The number of ether oxygens (including phenoxy) is 1. The van der Waals surface area contributed by atoms with Crippen molar-refractivity contribution < 1.29 is 32.6 Å². The highest BCUT2D eigenvalue weighted by atomic mass is 19.4. The molecule has 0 saturated heterocycles. The minimum absolute atomic E-state index is 0.165. The van der Waals surface area contributed by atoms with Crippen LogP contribution in [0, 0.1) is 6.92 Å². The Hall–Kier alpha value is -2.42. The van der Waals surface area contributed by atoms with Crippen molar-refractivity contribution in [1.82, 2.24) is 5.01 Å². The van der Waals surface area contributed by atoms with Crippen LogP contribution < -0.4 is 0 Å². The van der Waals surface area contributed by atoms with Crippen molar-refractivity contribution in [1.29, 1.82) is 0 Å².